The average molecular weight is 438 g/mol. The van der Waals surface area contributed by atoms with Gasteiger partial charge in [0, 0.05) is 10.2 Å². The highest BCUT2D eigenvalue weighted by molar-refractivity contribution is 9.10. The second-order valence-corrected chi connectivity index (χ2v) is 8.51. The largest absolute Gasteiger partial charge is 0.324 e. The van der Waals surface area contributed by atoms with E-state index in [-0.39, 0.29) is 10.6 Å². The number of anilines is 3. The van der Waals surface area contributed by atoms with Crippen molar-refractivity contribution in [3.8, 4) is 0 Å². The first-order valence-electron chi connectivity index (χ1n) is 7.72. The molecular weight excluding hydrogens is 422 g/mol. The van der Waals surface area contributed by atoms with Crippen LogP contribution in [0, 0.1) is 12.8 Å². The van der Waals surface area contributed by atoms with Crippen LogP contribution in [0.15, 0.2) is 45.8 Å². The molecule has 0 fully saturated rings. The van der Waals surface area contributed by atoms with Gasteiger partial charge in [0.25, 0.3) is 10.0 Å². The van der Waals surface area contributed by atoms with E-state index in [1.54, 1.807) is 18.2 Å². The van der Waals surface area contributed by atoms with Gasteiger partial charge in [-0.1, -0.05) is 15.9 Å². The highest BCUT2D eigenvalue weighted by Gasteiger charge is 2.27. The van der Waals surface area contributed by atoms with E-state index in [9.17, 15) is 18.0 Å². The number of aryl methyl sites for hydroxylation is 1. The average Bonchev–Trinajstić information content (AvgIpc) is 2.68. The third kappa shape index (κ3) is 3.58. The molecule has 0 spiro atoms. The molecule has 2 aromatic carbocycles. The maximum atomic E-state index is 12.7. The third-order valence-electron chi connectivity index (χ3n) is 4.01. The fourth-order valence-corrected chi connectivity index (χ4v) is 3.75. The smallest absolute Gasteiger partial charge is 0.261 e. The number of hydrogen-bond acceptors (Lipinski definition) is 4. The molecule has 3 N–H and O–H groups in total. The molecule has 0 saturated carbocycles. The van der Waals surface area contributed by atoms with Gasteiger partial charge in [-0.3, -0.25) is 14.3 Å². The Hall–Kier alpha value is -2.39. The number of nitrogens with one attached hydrogen (secondary N) is 3. The predicted octanol–water partition coefficient (Wildman–Crippen LogP) is 3.09. The molecule has 2 amide bonds. The maximum Gasteiger partial charge on any atom is 0.261 e. The van der Waals surface area contributed by atoms with Crippen molar-refractivity contribution in [1.82, 2.24) is 0 Å². The van der Waals surface area contributed by atoms with E-state index < -0.39 is 27.8 Å². The third-order valence-corrected chi connectivity index (χ3v) is 6.28. The lowest BCUT2D eigenvalue weighted by atomic mass is 10.1. The summed E-state index contributed by atoms with van der Waals surface area (Å²) in [6, 6.07) is 9.24. The first kappa shape index (κ1) is 18.4. The first-order valence-corrected chi connectivity index (χ1v) is 10.00. The quantitative estimate of drug-likeness (QED) is 0.641. The van der Waals surface area contributed by atoms with Gasteiger partial charge in [-0.05, 0) is 55.8 Å². The Morgan fingerprint density at radius 1 is 1.00 bits per heavy atom. The monoisotopic (exact) mass is 437 g/mol. The van der Waals surface area contributed by atoms with Gasteiger partial charge in [-0.25, -0.2) is 8.42 Å². The zero-order valence-corrected chi connectivity index (χ0v) is 16.4. The second kappa shape index (κ2) is 6.73. The van der Waals surface area contributed by atoms with Gasteiger partial charge in [0.05, 0.1) is 16.3 Å². The highest BCUT2D eigenvalue weighted by atomic mass is 79.9. The molecule has 1 aliphatic rings. The molecule has 26 heavy (non-hydrogen) atoms. The minimum atomic E-state index is -3.86. The van der Waals surface area contributed by atoms with Gasteiger partial charge in [0.1, 0.15) is 5.92 Å². The number of hydrogen-bond donors (Lipinski definition) is 3. The van der Waals surface area contributed by atoms with Crippen LogP contribution in [0.1, 0.15) is 12.5 Å². The minimum Gasteiger partial charge on any atom is -0.324 e. The Kier molecular flexibility index (Phi) is 4.76. The van der Waals surface area contributed by atoms with Gasteiger partial charge >= 0.3 is 0 Å². The molecule has 1 unspecified atom stereocenters. The summed E-state index contributed by atoms with van der Waals surface area (Å²) in [6.07, 6.45) is 0. The molecule has 1 atom stereocenters. The molecule has 136 valence electrons. The molecule has 1 heterocycles. The molecule has 0 bridgehead atoms. The molecule has 3 rings (SSSR count). The standard InChI is InChI=1S/C17H16BrN3O4S/c1-9-7-11(3-5-13(9)18)21-26(24,25)12-4-6-14-15(8-12)20-17(23)10(2)16(22)19-14/h3-8,10,21H,1-2H3,(H,19,22)(H,20,23). The van der Waals surface area contributed by atoms with Gasteiger partial charge in [0.15, 0.2) is 0 Å². The lowest BCUT2D eigenvalue weighted by Crippen LogP contribution is -2.28. The molecule has 0 radical (unpaired) electrons. The molecule has 0 aromatic heterocycles. The van der Waals surface area contributed by atoms with Crippen molar-refractivity contribution in [2.75, 3.05) is 15.4 Å². The molecule has 1 aliphatic heterocycles. The maximum absolute atomic E-state index is 12.7. The second-order valence-electron chi connectivity index (χ2n) is 5.98. The number of halogens is 1. The molecule has 2 aromatic rings. The van der Waals surface area contributed by atoms with Crippen LogP contribution in [0.3, 0.4) is 0 Å². The van der Waals surface area contributed by atoms with Crippen LogP contribution in [-0.2, 0) is 19.6 Å². The number of rotatable bonds is 3. The molecule has 7 nitrogen and oxygen atoms in total. The van der Waals surface area contributed by atoms with E-state index in [1.165, 1.54) is 25.1 Å². The van der Waals surface area contributed by atoms with Crippen LogP contribution in [0.4, 0.5) is 17.1 Å². The normalized spacial score (nSPS) is 17.0. The molecule has 0 aliphatic carbocycles. The van der Waals surface area contributed by atoms with Crippen molar-refractivity contribution < 1.29 is 18.0 Å². The summed E-state index contributed by atoms with van der Waals surface area (Å²) in [7, 11) is -3.86. The molecular formula is C17H16BrN3O4S. The fraction of sp³-hybridized carbons (Fsp3) is 0.176. The SMILES string of the molecule is Cc1cc(NS(=O)(=O)c2ccc3c(c2)NC(=O)C(C)C(=O)N3)ccc1Br. The summed E-state index contributed by atoms with van der Waals surface area (Å²) < 4.78 is 28.7. The summed E-state index contributed by atoms with van der Waals surface area (Å²) in [5, 5.41) is 5.18. The first-order chi connectivity index (χ1) is 12.2. The summed E-state index contributed by atoms with van der Waals surface area (Å²) in [5.74, 6) is -1.81. The van der Waals surface area contributed by atoms with Crippen molar-refractivity contribution >= 4 is 54.8 Å². The number of sulfonamides is 1. The Morgan fingerprint density at radius 2 is 1.65 bits per heavy atom. The predicted molar refractivity (Wildman–Crippen MR) is 103 cm³/mol. The van der Waals surface area contributed by atoms with Crippen LogP contribution in [0.5, 0.6) is 0 Å². The molecule has 9 heteroatoms. The summed E-state index contributed by atoms with van der Waals surface area (Å²) in [6.45, 7) is 3.33. The summed E-state index contributed by atoms with van der Waals surface area (Å²) in [5.41, 5.74) is 1.90. The number of carbonyl (C=O) groups is 2. The lowest BCUT2D eigenvalue weighted by Gasteiger charge is -2.12. The Morgan fingerprint density at radius 3 is 2.31 bits per heavy atom. The Balaban J connectivity index is 1.94. The van der Waals surface area contributed by atoms with Crippen molar-refractivity contribution in [2.45, 2.75) is 18.7 Å². The van der Waals surface area contributed by atoms with E-state index in [0.717, 1.165) is 10.0 Å². The zero-order valence-electron chi connectivity index (χ0n) is 14.0. The Bertz CT molecular complexity index is 1020. The summed E-state index contributed by atoms with van der Waals surface area (Å²) in [4.78, 5) is 23.8. The number of benzene rings is 2. The van der Waals surface area contributed by atoms with Crippen LogP contribution in [0.2, 0.25) is 0 Å². The van der Waals surface area contributed by atoms with Gasteiger partial charge < -0.3 is 10.6 Å². The fourth-order valence-electron chi connectivity index (χ4n) is 2.43. The lowest BCUT2D eigenvalue weighted by molar-refractivity contribution is -0.128. The van der Waals surface area contributed by atoms with Crippen molar-refractivity contribution in [2.24, 2.45) is 5.92 Å². The minimum absolute atomic E-state index is 0.0269. The number of carbonyl (C=O) groups excluding carboxylic acids is 2. The van der Waals surface area contributed by atoms with Gasteiger partial charge in [-0.15, -0.1) is 0 Å². The molecule has 0 saturated heterocycles. The zero-order chi connectivity index (χ0) is 19.1. The van der Waals surface area contributed by atoms with Crippen LogP contribution >= 0.6 is 15.9 Å². The topological polar surface area (TPSA) is 104 Å². The van der Waals surface area contributed by atoms with E-state index in [0.29, 0.717) is 11.4 Å². The van der Waals surface area contributed by atoms with Crippen LogP contribution < -0.4 is 15.4 Å². The van der Waals surface area contributed by atoms with Crippen molar-refractivity contribution in [1.29, 1.82) is 0 Å². The van der Waals surface area contributed by atoms with Crippen LogP contribution in [0.25, 0.3) is 0 Å². The van der Waals surface area contributed by atoms with E-state index in [1.807, 2.05) is 6.92 Å². The van der Waals surface area contributed by atoms with Crippen LogP contribution in [-0.4, -0.2) is 20.2 Å². The van der Waals surface area contributed by atoms with Gasteiger partial charge in [-0.2, -0.15) is 0 Å². The number of amides is 2. The summed E-state index contributed by atoms with van der Waals surface area (Å²) >= 11 is 3.37. The van der Waals surface area contributed by atoms with E-state index in [2.05, 4.69) is 31.3 Å². The highest BCUT2D eigenvalue weighted by Crippen LogP contribution is 2.30. The number of fused-ring (bicyclic) bond motifs is 1. The van der Waals surface area contributed by atoms with Crippen molar-refractivity contribution in [3.05, 3.63) is 46.4 Å². The Labute approximate surface area is 159 Å². The van der Waals surface area contributed by atoms with Crippen molar-refractivity contribution in [3.63, 3.8) is 0 Å². The van der Waals surface area contributed by atoms with E-state index >= 15 is 0 Å². The van der Waals surface area contributed by atoms with Gasteiger partial charge in [0.2, 0.25) is 11.8 Å². The van der Waals surface area contributed by atoms with E-state index in [4.69, 9.17) is 0 Å².